The summed E-state index contributed by atoms with van der Waals surface area (Å²) in [5.74, 6) is 0.140. The van der Waals surface area contributed by atoms with Gasteiger partial charge in [0.2, 0.25) is 0 Å². The molecular formula is C26H26N4O3S. The molecule has 1 aliphatic carbocycles. The van der Waals surface area contributed by atoms with E-state index in [0.717, 1.165) is 29.7 Å². The van der Waals surface area contributed by atoms with Gasteiger partial charge >= 0.3 is 5.69 Å². The molecule has 0 radical (unpaired) electrons. The van der Waals surface area contributed by atoms with Crippen molar-refractivity contribution in [2.75, 3.05) is 0 Å². The largest absolute Gasteiger partial charge is 0.340 e. The van der Waals surface area contributed by atoms with Crippen molar-refractivity contribution in [2.45, 2.75) is 51.1 Å². The second-order valence-electron chi connectivity index (χ2n) is 8.85. The highest BCUT2D eigenvalue weighted by Gasteiger charge is 2.28. The highest BCUT2D eigenvalue weighted by Crippen LogP contribution is 2.34. The molecule has 0 saturated heterocycles. The zero-order valence-corrected chi connectivity index (χ0v) is 19.9. The molecule has 1 aromatic carbocycles. The van der Waals surface area contributed by atoms with Gasteiger partial charge in [-0.2, -0.15) is 0 Å². The summed E-state index contributed by atoms with van der Waals surface area (Å²) in [7, 11) is 0. The van der Waals surface area contributed by atoms with Crippen molar-refractivity contribution in [1.29, 1.82) is 0 Å². The Labute approximate surface area is 200 Å². The first-order chi connectivity index (χ1) is 16.5. The summed E-state index contributed by atoms with van der Waals surface area (Å²) in [6.45, 7) is 4.37. The molecule has 0 bridgehead atoms. The van der Waals surface area contributed by atoms with Gasteiger partial charge in [-0.05, 0) is 53.8 Å². The molecule has 2 unspecified atom stereocenters. The van der Waals surface area contributed by atoms with E-state index in [0.29, 0.717) is 11.6 Å². The molecule has 2 atom stereocenters. The number of pyridine rings is 1. The smallest absolute Gasteiger partial charge is 0.330 e. The minimum Gasteiger partial charge on any atom is -0.340 e. The van der Waals surface area contributed by atoms with E-state index in [1.54, 1.807) is 11.3 Å². The number of benzene rings is 1. The van der Waals surface area contributed by atoms with Crippen LogP contribution in [0.2, 0.25) is 0 Å². The lowest BCUT2D eigenvalue weighted by atomic mass is 9.95. The van der Waals surface area contributed by atoms with Crippen LogP contribution in [0, 0.1) is 0 Å². The fraction of sp³-hybridized carbons (Fsp3) is 0.308. The Morgan fingerprint density at radius 3 is 2.59 bits per heavy atom. The van der Waals surface area contributed by atoms with Crippen LogP contribution in [0.5, 0.6) is 0 Å². The SMILES string of the molecule is CCC(C)c1ccc(C(NC(=O)c2cnc3c(c2)c(=O)[nH]c(=O)n3C2CC2)c2cccs2)cc1. The first-order valence-corrected chi connectivity index (χ1v) is 12.4. The molecule has 0 aliphatic heterocycles. The van der Waals surface area contributed by atoms with Crippen molar-refractivity contribution in [2.24, 2.45) is 0 Å². The summed E-state index contributed by atoms with van der Waals surface area (Å²) in [5.41, 5.74) is 1.86. The lowest BCUT2D eigenvalue weighted by Gasteiger charge is -2.19. The number of nitrogens with zero attached hydrogens (tertiary/aromatic N) is 2. The van der Waals surface area contributed by atoms with Crippen LogP contribution in [0.4, 0.5) is 0 Å². The molecule has 34 heavy (non-hydrogen) atoms. The Bertz CT molecular complexity index is 1450. The predicted octanol–water partition coefficient (Wildman–Crippen LogP) is 4.51. The topological polar surface area (TPSA) is 96.8 Å². The highest BCUT2D eigenvalue weighted by atomic mass is 32.1. The molecule has 4 aromatic rings. The Kier molecular flexibility index (Phi) is 5.91. The zero-order valence-electron chi connectivity index (χ0n) is 19.1. The van der Waals surface area contributed by atoms with Crippen LogP contribution in [-0.2, 0) is 0 Å². The van der Waals surface area contributed by atoms with Gasteiger partial charge in [0.05, 0.1) is 17.0 Å². The normalized spacial score (nSPS) is 15.2. The molecule has 1 aliphatic rings. The van der Waals surface area contributed by atoms with Crippen LogP contribution in [-0.4, -0.2) is 20.4 Å². The van der Waals surface area contributed by atoms with E-state index < -0.39 is 11.2 Å². The number of amides is 1. The lowest BCUT2D eigenvalue weighted by Crippen LogP contribution is -2.32. The van der Waals surface area contributed by atoms with E-state index in [2.05, 4.69) is 53.4 Å². The molecule has 2 N–H and O–H groups in total. The Morgan fingerprint density at radius 2 is 1.94 bits per heavy atom. The number of hydrogen-bond donors (Lipinski definition) is 2. The quantitative estimate of drug-likeness (QED) is 0.412. The maximum atomic E-state index is 13.3. The van der Waals surface area contributed by atoms with Crippen LogP contribution < -0.4 is 16.6 Å². The number of fused-ring (bicyclic) bond motifs is 1. The predicted molar refractivity (Wildman–Crippen MR) is 134 cm³/mol. The van der Waals surface area contributed by atoms with E-state index in [1.165, 1.54) is 22.4 Å². The Balaban J connectivity index is 1.48. The van der Waals surface area contributed by atoms with Gasteiger partial charge in [0, 0.05) is 17.1 Å². The van der Waals surface area contributed by atoms with Gasteiger partial charge in [-0.1, -0.05) is 44.2 Å². The third-order valence-corrected chi connectivity index (χ3v) is 7.44. The molecule has 8 heteroatoms. The van der Waals surface area contributed by atoms with Crippen molar-refractivity contribution >= 4 is 28.3 Å². The Hall–Kier alpha value is -3.52. The molecule has 0 spiro atoms. The molecule has 5 rings (SSSR count). The van der Waals surface area contributed by atoms with Gasteiger partial charge in [0.1, 0.15) is 5.65 Å². The van der Waals surface area contributed by atoms with Crippen LogP contribution >= 0.6 is 11.3 Å². The van der Waals surface area contributed by atoms with Gasteiger partial charge in [-0.15, -0.1) is 11.3 Å². The number of H-pyrrole nitrogens is 1. The van der Waals surface area contributed by atoms with Gasteiger partial charge in [-0.3, -0.25) is 19.1 Å². The van der Waals surface area contributed by atoms with Crippen LogP contribution in [0.25, 0.3) is 11.0 Å². The number of aromatic nitrogens is 3. The maximum Gasteiger partial charge on any atom is 0.330 e. The third-order valence-electron chi connectivity index (χ3n) is 6.51. The summed E-state index contributed by atoms with van der Waals surface area (Å²) in [6.07, 6.45) is 4.26. The molecule has 1 saturated carbocycles. The lowest BCUT2D eigenvalue weighted by molar-refractivity contribution is 0.0943. The first kappa shape index (κ1) is 22.3. The third kappa shape index (κ3) is 4.21. The van der Waals surface area contributed by atoms with E-state index >= 15 is 0 Å². The van der Waals surface area contributed by atoms with E-state index in [1.807, 2.05) is 17.5 Å². The fourth-order valence-corrected chi connectivity index (χ4v) is 4.98. The van der Waals surface area contributed by atoms with Crippen LogP contribution in [0.3, 0.4) is 0 Å². The average molecular weight is 475 g/mol. The van der Waals surface area contributed by atoms with E-state index in [4.69, 9.17) is 0 Å². The molecular weight excluding hydrogens is 448 g/mol. The summed E-state index contributed by atoms with van der Waals surface area (Å²) in [5, 5.41) is 5.33. The van der Waals surface area contributed by atoms with Crippen molar-refractivity contribution in [1.82, 2.24) is 19.9 Å². The van der Waals surface area contributed by atoms with E-state index in [-0.39, 0.29) is 28.9 Å². The van der Waals surface area contributed by atoms with Gasteiger partial charge in [0.25, 0.3) is 11.5 Å². The van der Waals surface area contributed by atoms with Crippen molar-refractivity contribution in [3.05, 3.63) is 96.4 Å². The molecule has 3 heterocycles. The highest BCUT2D eigenvalue weighted by molar-refractivity contribution is 7.10. The van der Waals surface area contributed by atoms with Gasteiger partial charge in [-0.25, -0.2) is 9.78 Å². The number of thiophene rings is 1. The monoisotopic (exact) mass is 474 g/mol. The molecule has 1 amide bonds. The number of carbonyl (C=O) groups excluding carboxylic acids is 1. The number of carbonyl (C=O) groups is 1. The summed E-state index contributed by atoms with van der Waals surface area (Å²) >= 11 is 1.57. The maximum absolute atomic E-state index is 13.3. The number of hydrogen-bond acceptors (Lipinski definition) is 5. The number of aromatic amines is 1. The second kappa shape index (κ2) is 9.02. The number of rotatable bonds is 7. The number of nitrogens with one attached hydrogen (secondary N) is 2. The summed E-state index contributed by atoms with van der Waals surface area (Å²) in [6, 6.07) is 13.6. The minimum atomic E-state index is -0.533. The van der Waals surface area contributed by atoms with Crippen LogP contribution in [0.1, 0.15) is 77.5 Å². The van der Waals surface area contributed by atoms with Gasteiger partial charge in [0.15, 0.2) is 0 Å². The average Bonchev–Trinajstić information content (AvgIpc) is 3.53. The van der Waals surface area contributed by atoms with Gasteiger partial charge < -0.3 is 5.32 Å². The standard InChI is InChI=1S/C26H26N4O3S/c1-3-15(2)16-6-8-17(9-7-16)22(21-5-4-12-34-21)28-24(31)18-13-20-23(27-14-18)30(19-10-11-19)26(33)29-25(20)32/h4-9,12-15,19,22H,3,10-11H2,1-2H3,(H,28,31)(H,29,32,33). The minimum absolute atomic E-state index is 0.0561. The zero-order chi connectivity index (χ0) is 23.8. The molecule has 1 fully saturated rings. The van der Waals surface area contributed by atoms with Crippen LogP contribution in [0.15, 0.2) is 63.6 Å². The van der Waals surface area contributed by atoms with Crippen molar-refractivity contribution in [3.8, 4) is 0 Å². The molecule has 174 valence electrons. The second-order valence-corrected chi connectivity index (χ2v) is 9.83. The van der Waals surface area contributed by atoms with E-state index in [9.17, 15) is 14.4 Å². The van der Waals surface area contributed by atoms with Crippen molar-refractivity contribution in [3.63, 3.8) is 0 Å². The molecule has 3 aromatic heterocycles. The Morgan fingerprint density at radius 1 is 1.21 bits per heavy atom. The molecule has 7 nitrogen and oxygen atoms in total. The first-order valence-electron chi connectivity index (χ1n) is 11.5. The summed E-state index contributed by atoms with van der Waals surface area (Å²) < 4.78 is 1.52. The fourth-order valence-electron chi connectivity index (χ4n) is 4.17. The van der Waals surface area contributed by atoms with Crippen molar-refractivity contribution < 1.29 is 4.79 Å². The summed E-state index contributed by atoms with van der Waals surface area (Å²) in [4.78, 5) is 45.7.